The number of aromatic nitrogens is 3. The molecule has 1 aliphatic heterocycles. The summed E-state index contributed by atoms with van der Waals surface area (Å²) in [5.41, 5.74) is 11.2. The fraction of sp³-hybridized carbons (Fsp3) is 0.0645. The van der Waals surface area contributed by atoms with Crippen molar-refractivity contribution in [3.8, 4) is 16.8 Å². The van der Waals surface area contributed by atoms with Crippen LogP contribution in [0.25, 0.3) is 33.8 Å². The molecule has 39 heavy (non-hydrogen) atoms. The summed E-state index contributed by atoms with van der Waals surface area (Å²) in [5.74, 6) is -0.411. The van der Waals surface area contributed by atoms with Crippen LogP contribution in [-0.2, 0) is 0 Å². The van der Waals surface area contributed by atoms with Crippen LogP contribution in [-0.4, -0.2) is 27.3 Å². The molecular weight excluding hydrogens is 494 g/mol. The third-order valence-electron chi connectivity index (χ3n) is 6.69. The van der Waals surface area contributed by atoms with Crippen LogP contribution in [0.2, 0.25) is 0 Å². The Morgan fingerprint density at radius 3 is 2.56 bits per heavy atom. The van der Waals surface area contributed by atoms with E-state index in [1.54, 1.807) is 36.8 Å². The molecule has 6 rings (SSSR count). The van der Waals surface area contributed by atoms with Crippen molar-refractivity contribution in [1.29, 1.82) is 0 Å². The number of hydrogen-bond acceptors (Lipinski definition) is 5. The standard InChI is InChI=1S/C31H24F2N6/c32-27-20-35-11-4-14-38(28-8-12-36-18-25(27)28)23-15-22(21-5-2-1-3-6-21)16-24(17-23)39-29-9-13-37-19-26(29)31(33)30(39)7-10-34/h1-13,15-20,27H,14,34H2/b10-7-,11-4-,35-20?. The number of aliphatic imine (C=N–C) groups is 1. The molecule has 0 fully saturated rings. The van der Waals surface area contributed by atoms with E-state index >= 15 is 8.78 Å². The highest BCUT2D eigenvalue weighted by Crippen LogP contribution is 2.38. The molecule has 1 aliphatic rings. The van der Waals surface area contributed by atoms with Crippen LogP contribution in [0, 0.1) is 5.82 Å². The number of benzene rings is 2. The summed E-state index contributed by atoms with van der Waals surface area (Å²) < 4.78 is 32.6. The summed E-state index contributed by atoms with van der Waals surface area (Å²) in [7, 11) is 0. The van der Waals surface area contributed by atoms with Gasteiger partial charge in [0.15, 0.2) is 12.0 Å². The molecule has 0 aliphatic carbocycles. The lowest BCUT2D eigenvalue weighted by Crippen LogP contribution is -2.19. The average Bonchev–Trinajstić information content (AvgIpc) is 3.30. The molecule has 0 bridgehead atoms. The maximum Gasteiger partial charge on any atom is 0.164 e. The number of nitrogens with two attached hydrogens (primary N) is 1. The number of alkyl halides is 1. The number of fused-ring (bicyclic) bond motifs is 2. The van der Waals surface area contributed by atoms with E-state index in [0.717, 1.165) is 16.8 Å². The van der Waals surface area contributed by atoms with Crippen molar-refractivity contribution in [2.75, 3.05) is 11.4 Å². The second-order valence-corrected chi connectivity index (χ2v) is 9.02. The maximum absolute atomic E-state index is 15.6. The molecule has 5 aromatic rings. The normalized spacial score (nSPS) is 16.2. The third-order valence-corrected chi connectivity index (χ3v) is 6.69. The van der Waals surface area contributed by atoms with Crippen LogP contribution in [0.1, 0.15) is 17.4 Å². The van der Waals surface area contributed by atoms with E-state index in [-0.39, 0.29) is 0 Å². The molecule has 0 saturated carbocycles. The van der Waals surface area contributed by atoms with Crippen molar-refractivity contribution in [3.05, 3.63) is 121 Å². The minimum atomic E-state index is -1.42. The Morgan fingerprint density at radius 2 is 1.72 bits per heavy atom. The molecule has 1 atom stereocenters. The van der Waals surface area contributed by atoms with Crippen molar-refractivity contribution in [2.45, 2.75) is 6.17 Å². The summed E-state index contributed by atoms with van der Waals surface area (Å²) in [6, 6.07) is 19.5. The lowest BCUT2D eigenvalue weighted by atomic mass is 10.0. The number of nitrogens with zero attached hydrogens (tertiary/aromatic N) is 5. The van der Waals surface area contributed by atoms with Crippen LogP contribution < -0.4 is 10.6 Å². The Bertz CT molecular complexity index is 1740. The summed E-state index contributed by atoms with van der Waals surface area (Å²) in [6.45, 7) is 0.430. The average molecular weight is 519 g/mol. The van der Waals surface area contributed by atoms with Gasteiger partial charge in [-0.25, -0.2) is 8.78 Å². The Labute approximate surface area is 224 Å². The fourth-order valence-electron chi connectivity index (χ4n) is 4.93. The highest BCUT2D eigenvalue weighted by molar-refractivity contribution is 5.87. The molecule has 2 N–H and O–H groups in total. The van der Waals surface area contributed by atoms with E-state index in [9.17, 15) is 0 Å². The third kappa shape index (κ3) is 4.46. The van der Waals surface area contributed by atoms with Gasteiger partial charge < -0.3 is 15.2 Å². The first-order valence-electron chi connectivity index (χ1n) is 12.4. The molecule has 0 radical (unpaired) electrons. The van der Waals surface area contributed by atoms with E-state index in [2.05, 4.69) is 15.0 Å². The first-order valence-corrected chi connectivity index (χ1v) is 12.4. The molecule has 8 heteroatoms. The van der Waals surface area contributed by atoms with Crippen LogP contribution >= 0.6 is 0 Å². The maximum atomic E-state index is 15.6. The van der Waals surface area contributed by atoms with Gasteiger partial charge in [0, 0.05) is 60.7 Å². The molecule has 0 saturated heterocycles. The lowest BCUT2D eigenvalue weighted by molar-refractivity contribution is 0.446. The van der Waals surface area contributed by atoms with Crippen molar-refractivity contribution < 1.29 is 8.78 Å². The molecular formula is C31H24F2N6. The Balaban J connectivity index is 1.64. The van der Waals surface area contributed by atoms with E-state index in [4.69, 9.17) is 5.73 Å². The van der Waals surface area contributed by atoms with Gasteiger partial charge in [-0.3, -0.25) is 15.0 Å². The van der Waals surface area contributed by atoms with Gasteiger partial charge in [-0.2, -0.15) is 0 Å². The van der Waals surface area contributed by atoms with Gasteiger partial charge in [-0.1, -0.05) is 30.3 Å². The first-order chi connectivity index (χ1) is 19.2. The zero-order chi connectivity index (χ0) is 26.8. The molecule has 3 aromatic heterocycles. The largest absolute Gasteiger partial charge is 0.405 e. The SMILES string of the molecule is N/C=C\c1c(F)c2cnccc2n1-c1cc(-c2ccccc2)cc(N2C/C=C\N=CC(F)c3cnccc32)c1. The topological polar surface area (TPSA) is 72.3 Å². The highest BCUT2D eigenvalue weighted by atomic mass is 19.1. The minimum Gasteiger partial charge on any atom is -0.405 e. The zero-order valence-electron chi connectivity index (χ0n) is 20.8. The summed E-state index contributed by atoms with van der Waals surface area (Å²) in [6.07, 6.45) is 12.5. The molecule has 4 heterocycles. The van der Waals surface area contributed by atoms with Crippen molar-refractivity contribution >= 4 is 34.6 Å². The second kappa shape index (κ2) is 10.3. The minimum absolute atomic E-state index is 0.308. The molecule has 0 spiro atoms. The van der Waals surface area contributed by atoms with Gasteiger partial charge >= 0.3 is 0 Å². The van der Waals surface area contributed by atoms with Crippen LogP contribution in [0.4, 0.5) is 20.2 Å². The predicted molar refractivity (Wildman–Crippen MR) is 152 cm³/mol. The molecule has 0 amide bonds. The smallest absolute Gasteiger partial charge is 0.164 e. The van der Waals surface area contributed by atoms with E-state index in [0.29, 0.717) is 40.1 Å². The Kier molecular flexibility index (Phi) is 6.42. The Morgan fingerprint density at radius 1 is 0.923 bits per heavy atom. The number of anilines is 2. The Hall–Kier alpha value is -5.11. The number of pyridine rings is 2. The van der Waals surface area contributed by atoms with Gasteiger partial charge in [-0.05, 0) is 59.8 Å². The second-order valence-electron chi connectivity index (χ2n) is 9.02. The van der Waals surface area contributed by atoms with E-state index in [1.165, 1.54) is 24.8 Å². The highest BCUT2D eigenvalue weighted by Gasteiger charge is 2.22. The van der Waals surface area contributed by atoms with Crippen molar-refractivity contribution in [3.63, 3.8) is 0 Å². The van der Waals surface area contributed by atoms with E-state index < -0.39 is 12.0 Å². The summed E-state index contributed by atoms with van der Waals surface area (Å²) >= 11 is 0. The number of halogens is 2. The fourth-order valence-corrected chi connectivity index (χ4v) is 4.93. The van der Waals surface area contributed by atoms with Crippen LogP contribution in [0.5, 0.6) is 0 Å². The van der Waals surface area contributed by atoms with Crippen molar-refractivity contribution in [1.82, 2.24) is 14.5 Å². The van der Waals surface area contributed by atoms with Gasteiger partial charge in [0.05, 0.1) is 22.3 Å². The number of hydrogen-bond donors (Lipinski definition) is 1. The van der Waals surface area contributed by atoms with E-state index in [1.807, 2.05) is 64.1 Å². The van der Waals surface area contributed by atoms with Gasteiger partial charge in [0.25, 0.3) is 0 Å². The van der Waals surface area contributed by atoms with Crippen molar-refractivity contribution in [2.24, 2.45) is 10.7 Å². The molecule has 192 valence electrons. The van der Waals surface area contributed by atoms with Crippen LogP contribution in [0.3, 0.4) is 0 Å². The number of rotatable bonds is 4. The quantitative estimate of drug-likeness (QED) is 0.281. The van der Waals surface area contributed by atoms with Gasteiger partial charge in [0.2, 0.25) is 0 Å². The monoisotopic (exact) mass is 518 g/mol. The molecule has 1 unspecified atom stereocenters. The summed E-state index contributed by atoms with van der Waals surface area (Å²) in [4.78, 5) is 14.4. The zero-order valence-corrected chi connectivity index (χ0v) is 20.8. The van der Waals surface area contributed by atoms with Gasteiger partial charge in [-0.15, -0.1) is 0 Å². The molecule has 6 nitrogen and oxygen atoms in total. The van der Waals surface area contributed by atoms with Crippen LogP contribution in [0.15, 0.2) is 109 Å². The van der Waals surface area contributed by atoms with Gasteiger partial charge in [0.1, 0.15) is 0 Å². The summed E-state index contributed by atoms with van der Waals surface area (Å²) in [5, 5.41) is 0.386. The lowest BCUT2D eigenvalue weighted by Gasteiger charge is -2.27. The first kappa shape index (κ1) is 24.2. The predicted octanol–water partition coefficient (Wildman–Crippen LogP) is 6.90. The molecule has 2 aromatic carbocycles.